The fourth-order valence-electron chi connectivity index (χ4n) is 2.99. The molecule has 1 heterocycles. The van der Waals surface area contributed by atoms with Crippen molar-refractivity contribution >= 4 is 6.09 Å². The average molecular weight is 327 g/mol. The fraction of sp³-hybridized carbons (Fsp3) is 0.947. The van der Waals surface area contributed by atoms with Crippen LogP contribution >= 0.6 is 0 Å². The summed E-state index contributed by atoms with van der Waals surface area (Å²) in [6.07, 6.45) is 10.2. The molecule has 0 saturated carbocycles. The van der Waals surface area contributed by atoms with Gasteiger partial charge in [0.15, 0.2) is 0 Å². The molecule has 0 aliphatic carbocycles. The van der Waals surface area contributed by atoms with Crippen molar-refractivity contribution in [3.63, 3.8) is 0 Å². The Hall–Kier alpha value is -0.770. The standard InChI is InChI=1S/C19H38N2O2/c1-6-8-10-12-16(13-11-9-7-2)20-17-14-21(15-17)18(22)23-19(3,4)5/h16-17,20H,6-15H2,1-5H3. The van der Waals surface area contributed by atoms with Crippen LogP contribution in [0.5, 0.6) is 0 Å². The van der Waals surface area contributed by atoms with E-state index in [0.29, 0.717) is 12.1 Å². The summed E-state index contributed by atoms with van der Waals surface area (Å²) in [5.41, 5.74) is -0.404. The van der Waals surface area contributed by atoms with Crippen LogP contribution in [0.15, 0.2) is 0 Å². The first-order valence-electron chi connectivity index (χ1n) is 9.59. The number of carbonyl (C=O) groups is 1. The second-order valence-electron chi connectivity index (χ2n) is 7.94. The van der Waals surface area contributed by atoms with Gasteiger partial charge in [0, 0.05) is 25.2 Å². The smallest absolute Gasteiger partial charge is 0.410 e. The van der Waals surface area contributed by atoms with E-state index >= 15 is 0 Å². The summed E-state index contributed by atoms with van der Waals surface area (Å²) < 4.78 is 5.41. The van der Waals surface area contributed by atoms with Gasteiger partial charge in [-0.1, -0.05) is 52.4 Å². The molecule has 1 aliphatic heterocycles. The number of nitrogens with one attached hydrogen (secondary N) is 1. The molecule has 1 N–H and O–H groups in total. The lowest BCUT2D eigenvalue weighted by Gasteiger charge is -2.42. The van der Waals surface area contributed by atoms with Crippen LogP contribution in [-0.2, 0) is 4.74 Å². The fourth-order valence-corrected chi connectivity index (χ4v) is 2.99. The molecule has 23 heavy (non-hydrogen) atoms. The van der Waals surface area contributed by atoms with Gasteiger partial charge < -0.3 is 15.0 Å². The summed E-state index contributed by atoms with van der Waals surface area (Å²) in [5, 5.41) is 3.77. The van der Waals surface area contributed by atoms with Gasteiger partial charge >= 0.3 is 6.09 Å². The number of hydrogen-bond acceptors (Lipinski definition) is 3. The molecule has 0 unspecified atom stereocenters. The normalized spacial score (nSPS) is 15.8. The number of carbonyl (C=O) groups excluding carboxylic acids is 1. The van der Waals surface area contributed by atoms with Crippen LogP contribution in [-0.4, -0.2) is 41.8 Å². The summed E-state index contributed by atoms with van der Waals surface area (Å²) in [6.45, 7) is 11.8. The van der Waals surface area contributed by atoms with Crippen molar-refractivity contribution < 1.29 is 9.53 Å². The highest BCUT2D eigenvalue weighted by atomic mass is 16.6. The molecule has 0 radical (unpaired) electrons. The minimum Gasteiger partial charge on any atom is -0.444 e. The molecule has 0 bridgehead atoms. The molecule has 0 spiro atoms. The largest absolute Gasteiger partial charge is 0.444 e. The summed E-state index contributed by atoms with van der Waals surface area (Å²) in [6, 6.07) is 1.05. The second-order valence-corrected chi connectivity index (χ2v) is 7.94. The molecule has 4 nitrogen and oxygen atoms in total. The molecule has 0 atom stereocenters. The Morgan fingerprint density at radius 2 is 1.61 bits per heavy atom. The van der Waals surface area contributed by atoms with E-state index in [1.54, 1.807) is 4.90 Å². The van der Waals surface area contributed by atoms with Gasteiger partial charge in [-0.2, -0.15) is 0 Å². The molecule has 1 rings (SSSR count). The van der Waals surface area contributed by atoms with E-state index in [1.165, 1.54) is 51.4 Å². The Bertz CT molecular complexity index is 323. The first-order valence-corrected chi connectivity index (χ1v) is 9.59. The van der Waals surface area contributed by atoms with Crippen molar-refractivity contribution in [2.45, 2.75) is 104 Å². The zero-order chi connectivity index (χ0) is 17.3. The molecule has 1 aliphatic rings. The van der Waals surface area contributed by atoms with Gasteiger partial charge in [-0.3, -0.25) is 0 Å². The number of ether oxygens (including phenoxy) is 1. The summed E-state index contributed by atoms with van der Waals surface area (Å²) in [7, 11) is 0. The number of rotatable bonds is 10. The Morgan fingerprint density at radius 3 is 2.04 bits per heavy atom. The Morgan fingerprint density at radius 1 is 1.09 bits per heavy atom. The molecule has 0 aromatic heterocycles. The lowest BCUT2D eigenvalue weighted by atomic mass is 9.99. The Kier molecular flexibility index (Phi) is 8.96. The zero-order valence-electron chi connectivity index (χ0n) is 16.0. The lowest BCUT2D eigenvalue weighted by molar-refractivity contribution is 0.00387. The van der Waals surface area contributed by atoms with E-state index in [4.69, 9.17) is 4.74 Å². The van der Waals surface area contributed by atoms with Crippen LogP contribution in [0.25, 0.3) is 0 Å². The van der Waals surface area contributed by atoms with Crippen molar-refractivity contribution in [3.8, 4) is 0 Å². The van der Waals surface area contributed by atoms with Crippen molar-refractivity contribution in [3.05, 3.63) is 0 Å². The minimum absolute atomic E-state index is 0.177. The van der Waals surface area contributed by atoms with Crippen LogP contribution in [0.4, 0.5) is 4.79 Å². The molecule has 1 fully saturated rings. The van der Waals surface area contributed by atoms with E-state index < -0.39 is 5.60 Å². The third-order valence-corrected chi connectivity index (χ3v) is 4.32. The molecule has 1 amide bonds. The lowest BCUT2D eigenvalue weighted by Crippen LogP contribution is -2.62. The van der Waals surface area contributed by atoms with Gasteiger partial charge in [0.25, 0.3) is 0 Å². The first kappa shape index (κ1) is 20.3. The molecular formula is C19H38N2O2. The number of hydrogen-bond donors (Lipinski definition) is 1. The SMILES string of the molecule is CCCCCC(CCCCC)NC1CN(C(=O)OC(C)(C)C)C1. The molecule has 0 aromatic carbocycles. The number of likely N-dealkylation sites (tertiary alicyclic amines) is 1. The van der Waals surface area contributed by atoms with Gasteiger partial charge in [-0.25, -0.2) is 4.79 Å². The molecular weight excluding hydrogens is 288 g/mol. The molecule has 136 valence electrons. The van der Waals surface area contributed by atoms with E-state index in [0.717, 1.165) is 13.1 Å². The van der Waals surface area contributed by atoms with Crippen LogP contribution in [0.1, 0.15) is 86.0 Å². The summed E-state index contributed by atoms with van der Waals surface area (Å²) in [5.74, 6) is 0. The number of nitrogens with zero attached hydrogens (tertiary/aromatic N) is 1. The van der Waals surface area contributed by atoms with E-state index in [-0.39, 0.29) is 6.09 Å². The van der Waals surface area contributed by atoms with Crippen molar-refractivity contribution in [2.75, 3.05) is 13.1 Å². The zero-order valence-corrected chi connectivity index (χ0v) is 16.0. The van der Waals surface area contributed by atoms with Crippen molar-refractivity contribution in [2.24, 2.45) is 0 Å². The highest BCUT2D eigenvalue weighted by Gasteiger charge is 2.34. The maximum Gasteiger partial charge on any atom is 0.410 e. The molecule has 1 saturated heterocycles. The second kappa shape index (κ2) is 10.2. The van der Waals surface area contributed by atoms with Gasteiger partial charge in [0.1, 0.15) is 5.60 Å². The highest BCUT2D eigenvalue weighted by Crippen LogP contribution is 2.18. The first-order chi connectivity index (χ1) is 10.9. The maximum atomic E-state index is 12.0. The van der Waals surface area contributed by atoms with E-state index in [1.807, 2.05) is 20.8 Å². The number of amides is 1. The van der Waals surface area contributed by atoms with E-state index in [2.05, 4.69) is 19.2 Å². The molecule has 0 aromatic rings. The molecule has 4 heteroatoms. The summed E-state index contributed by atoms with van der Waals surface area (Å²) >= 11 is 0. The van der Waals surface area contributed by atoms with Crippen LogP contribution < -0.4 is 5.32 Å². The van der Waals surface area contributed by atoms with Gasteiger partial charge in [-0.15, -0.1) is 0 Å². The van der Waals surface area contributed by atoms with Crippen molar-refractivity contribution in [1.82, 2.24) is 10.2 Å². The van der Waals surface area contributed by atoms with Gasteiger partial charge in [0.05, 0.1) is 0 Å². The topological polar surface area (TPSA) is 41.6 Å². The monoisotopic (exact) mass is 326 g/mol. The highest BCUT2D eigenvalue weighted by molar-refractivity contribution is 5.69. The average Bonchev–Trinajstić information content (AvgIpc) is 2.40. The predicted octanol–water partition coefficient (Wildman–Crippen LogP) is 4.72. The van der Waals surface area contributed by atoms with Crippen molar-refractivity contribution in [1.29, 1.82) is 0 Å². The quantitative estimate of drug-likeness (QED) is 0.590. The van der Waals surface area contributed by atoms with Crippen LogP contribution in [0.3, 0.4) is 0 Å². The third-order valence-electron chi connectivity index (χ3n) is 4.32. The predicted molar refractivity (Wildman–Crippen MR) is 96.8 cm³/mol. The number of unbranched alkanes of at least 4 members (excludes halogenated alkanes) is 4. The van der Waals surface area contributed by atoms with Gasteiger partial charge in [0.2, 0.25) is 0 Å². The minimum atomic E-state index is -0.404. The van der Waals surface area contributed by atoms with Gasteiger partial charge in [-0.05, 0) is 33.6 Å². The summed E-state index contributed by atoms with van der Waals surface area (Å²) in [4.78, 5) is 13.8. The third kappa shape index (κ3) is 8.59. The Balaban J connectivity index is 2.29. The van der Waals surface area contributed by atoms with Crippen LogP contribution in [0, 0.1) is 0 Å². The maximum absolute atomic E-state index is 12.0. The van der Waals surface area contributed by atoms with Crippen LogP contribution in [0.2, 0.25) is 0 Å². The Labute approximate surface area is 143 Å². The van der Waals surface area contributed by atoms with E-state index in [9.17, 15) is 4.79 Å².